The third kappa shape index (κ3) is 3.58. The van der Waals surface area contributed by atoms with Gasteiger partial charge in [-0.05, 0) is 18.7 Å². The minimum atomic E-state index is 0.00704. The summed E-state index contributed by atoms with van der Waals surface area (Å²) in [6.45, 7) is 2.91. The van der Waals surface area contributed by atoms with E-state index in [2.05, 4.69) is 14.9 Å². The Bertz CT molecular complexity index is 677. The second kappa shape index (κ2) is 6.91. The highest BCUT2D eigenvalue weighted by atomic mass is 32.2. The van der Waals surface area contributed by atoms with Crippen LogP contribution in [-0.2, 0) is 0 Å². The zero-order valence-corrected chi connectivity index (χ0v) is 13.8. The number of nitrogens with two attached hydrogens (primary N) is 1. The van der Waals surface area contributed by atoms with Gasteiger partial charge < -0.3 is 20.0 Å². The maximum absolute atomic E-state index is 12.4. The van der Waals surface area contributed by atoms with Crippen LogP contribution in [-0.4, -0.2) is 53.2 Å². The van der Waals surface area contributed by atoms with Gasteiger partial charge >= 0.3 is 0 Å². The van der Waals surface area contributed by atoms with Gasteiger partial charge in [-0.1, -0.05) is 11.8 Å². The van der Waals surface area contributed by atoms with E-state index >= 15 is 0 Å². The first-order valence-corrected chi connectivity index (χ1v) is 8.65. The molecule has 1 fully saturated rings. The van der Waals surface area contributed by atoms with Crippen LogP contribution in [0.5, 0.6) is 0 Å². The van der Waals surface area contributed by atoms with Crippen molar-refractivity contribution in [3.63, 3.8) is 0 Å². The van der Waals surface area contributed by atoms with Crippen molar-refractivity contribution in [2.24, 2.45) is 0 Å². The van der Waals surface area contributed by atoms with Gasteiger partial charge in [0.25, 0.3) is 5.91 Å². The number of aromatic nitrogens is 2. The number of rotatable bonds is 3. The molecule has 3 heterocycles. The summed E-state index contributed by atoms with van der Waals surface area (Å²) in [5.41, 5.74) is 6.45. The largest absolute Gasteiger partial charge is 0.472 e. The number of amides is 1. The number of hydrogen-bond acceptors (Lipinski definition) is 7. The van der Waals surface area contributed by atoms with Crippen molar-refractivity contribution in [3.8, 4) is 0 Å². The van der Waals surface area contributed by atoms with Gasteiger partial charge in [0.1, 0.15) is 17.9 Å². The maximum atomic E-state index is 12.4. The Balaban J connectivity index is 1.71. The molecule has 2 aromatic heterocycles. The fourth-order valence-electron chi connectivity index (χ4n) is 2.60. The zero-order chi connectivity index (χ0) is 16.2. The van der Waals surface area contributed by atoms with E-state index in [0.29, 0.717) is 29.6 Å². The molecule has 8 heteroatoms. The summed E-state index contributed by atoms with van der Waals surface area (Å²) in [4.78, 5) is 25.1. The molecule has 2 aromatic rings. The Hall–Kier alpha value is -2.22. The fraction of sp³-hybridized carbons (Fsp3) is 0.400. The number of nitrogen functional groups attached to an aromatic ring is 1. The number of carbonyl (C=O) groups is 1. The molecular weight excluding hydrogens is 314 g/mol. The Kier molecular flexibility index (Phi) is 4.71. The van der Waals surface area contributed by atoms with Gasteiger partial charge in [-0.3, -0.25) is 4.79 Å². The van der Waals surface area contributed by atoms with E-state index in [1.54, 1.807) is 12.1 Å². The van der Waals surface area contributed by atoms with Crippen molar-refractivity contribution in [3.05, 3.63) is 30.2 Å². The molecule has 1 aliphatic rings. The Morgan fingerprint density at radius 1 is 1.30 bits per heavy atom. The SMILES string of the molecule is CSc1nc(N)cc(N2CCCN(C(=O)c3ccoc3)CC2)n1. The Morgan fingerprint density at radius 3 is 2.91 bits per heavy atom. The molecule has 0 atom stereocenters. The van der Waals surface area contributed by atoms with Crippen LogP contribution in [0, 0.1) is 0 Å². The highest BCUT2D eigenvalue weighted by Gasteiger charge is 2.22. The summed E-state index contributed by atoms with van der Waals surface area (Å²) in [6, 6.07) is 3.48. The van der Waals surface area contributed by atoms with E-state index in [1.165, 1.54) is 24.3 Å². The summed E-state index contributed by atoms with van der Waals surface area (Å²) in [5.74, 6) is 1.29. The molecular formula is C15H19N5O2S. The highest BCUT2D eigenvalue weighted by molar-refractivity contribution is 7.98. The monoisotopic (exact) mass is 333 g/mol. The number of hydrogen-bond donors (Lipinski definition) is 1. The minimum absolute atomic E-state index is 0.00704. The van der Waals surface area contributed by atoms with Crippen molar-refractivity contribution in [1.29, 1.82) is 0 Å². The number of furan rings is 1. The predicted molar refractivity (Wildman–Crippen MR) is 89.7 cm³/mol. The smallest absolute Gasteiger partial charge is 0.257 e. The topological polar surface area (TPSA) is 88.5 Å². The number of anilines is 2. The summed E-state index contributed by atoms with van der Waals surface area (Å²) >= 11 is 1.47. The molecule has 23 heavy (non-hydrogen) atoms. The Morgan fingerprint density at radius 2 is 2.17 bits per heavy atom. The van der Waals surface area contributed by atoms with Crippen LogP contribution in [0.2, 0.25) is 0 Å². The molecule has 122 valence electrons. The molecule has 0 spiro atoms. The van der Waals surface area contributed by atoms with Gasteiger partial charge in [0, 0.05) is 32.2 Å². The van der Waals surface area contributed by atoms with E-state index in [-0.39, 0.29) is 5.91 Å². The van der Waals surface area contributed by atoms with Crippen LogP contribution in [0.4, 0.5) is 11.6 Å². The predicted octanol–water partition coefficient (Wildman–Crippen LogP) is 1.73. The average molecular weight is 333 g/mol. The first-order valence-electron chi connectivity index (χ1n) is 7.42. The fourth-order valence-corrected chi connectivity index (χ4v) is 2.98. The van der Waals surface area contributed by atoms with E-state index in [1.807, 2.05) is 11.2 Å². The van der Waals surface area contributed by atoms with Gasteiger partial charge in [-0.15, -0.1) is 0 Å². The lowest BCUT2D eigenvalue weighted by molar-refractivity contribution is 0.0766. The molecule has 1 saturated heterocycles. The molecule has 0 radical (unpaired) electrons. The van der Waals surface area contributed by atoms with E-state index in [0.717, 1.165) is 25.3 Å². The molecule has 0 bridgehead atoms. The van der Waals surface area contributed by atoms with E-state index < -0.39 is 0 Å². The molecule has 1 amide bonds. The van der Waals surface area contributed by atoms with Crippen molar-refractivity contribution in [2.75, 3.05) is 43.1 Å². The normalized spacial score (nSPS) is 15.5. The Labute approximate surface area is 138 Å². The summed E-state index contributed by atoms with van der Waals surface area (Å²) < 4.78 is 5.00. The zero-order valence-electron chi connectivity index (χ0n) is 12.9. The highest BCUT2D eigenvalue weighted by Crippen LogP contribution is 2.20. The minimum Gasteiger partial charge on any atom is -0.472 e. The van der Waals surface area contributed by atoms with E-state index in [9.17, 15) is 4.79 Å². The second-order valence-corrected chi connectivity index (χ2v) is 6.06. The first kappa shape index (κ1) is 15.7. The molecule has 1 aliphatic heterocycles. The van der Waals surface area contributed by atoms with E-state index in [4.69, 9.17) is 10.2 Å². The van der Waals surface area contributed by atoms with Crippen LogP contribution in [0.3, 0.4) is 0 Å². The van der Waals surface area contributed by atoms with Gasteiger partial charge in [0.05, 0.1) is 11.8 Å². The number of carbonyl (C=O) groups excluding carboxylic acids is 1. The molecule has 7 nitrogen and oxygen atoms in total. The summed E-state index contributed by atoms with van der Waals surface area (Å²) in [6.07, 6.45) is 5.81. The molecule has 0 saturated carbocycles. The average Bonchev–Trinajstić information content (AvgIpc) is 2.98. The van der Waals surface area contributed by atoms with Crippen LogP contribution in [0.25, 0.3) is 0 Å². The van der Waals surface area contributed by atoms with Gasteiger partial charge in [0.15, 0.2) is 5.16 Å². The maximum Gasteiger partial charge on any atom is 0.257 e. The molecule has 0 aliphatic carbocycles. The number of nitrogens with zero attached hydrogens (tertiary/aromatic N) is 4. The van der Waals surface area contributed by atoms with Gasteiger partial charge in [-0.2, -0.15) is 0 Å². The van der Waals surface area contributed by atoms with Crippen LogP contribution in [0.15, 0.2) is 34.2 Å². The first-order chi connectivity index (χ1) is 11.2. The summed E-state index contributed by atoms with van der Waals surface area (Å²) in [5, 5.41) is 0.663. The molecule has 2 N–H and O–H groups in total. The third-order valence-electron chi connectivity index (χ3n) is 3.77. The van der Waals surface area contributed by atoms with Crippen molar-refractivity contribution >= 4 is 29.3 Å². The lowest BCUT2D eigenvalue weighted by Gasteiger charge is -2.23. The molecule has 0 unspecified atom stereocenters. The number of thioether (sulfide) groups is 1. The third-order valence-corrected chi connectivity index (χ3v) is 4.32. The van der Waals surface area contributed by atoms with Crippen molar-refractivity contribution in [2.45, 2.75) is 11.6 Å². The standard InChI is InChI=1S/C15H19N5O2S/c1-23-15-17-12(16)9-13(18-15)19-4-2-5-20(7-6-19)14(21)11-3-8-22-10-11/h3,8-10H,2,4-7H2,1H3,(H2,16,17,18). The molecule has 0 aromatic carbocycles. The van der Waals surface area contributed by atoms with Gasteiger partial charge in [0.2, 0.25) is 0 Å². The second-order valence-electron chi connectivity index (χ2n) is 5.28. The van der Waals surface area contributed by atoms with Crippen molar-refractivity contribution in [1.82, 2.24) is 14.9 Å². The van der Waals surface area contributed by atoms with Gasteiger partial charge in [-0.25, -0.2) is 9.97 Å². The van der Waals surface area contributed by atoms with Crippen LogP contribution >= 0.6 is 11.8 Å². The summed E-state index contributed by atoms with van der Waals surface area (Å²) in [7, 11) is 0. The van der Waals surface area contributed by atoms with Crippen LogP contribution < -0.4 is 10.6 Å². The lowest BCUT2D eigenvalue weighted by Crippen LogP contribution is -2.35. The molecule has 3 rings (SSSR count). The van der Waals surface area contributed by atoms with Crippen LogP contribution in [0.1, 0.15) is 16.8 Å². The van der Waals surface area contributed by atoms with Crippen molar-refractivity contribution < 1.29 is 9.21 Å². The lowest BCUT2D eigenvalue weighted by atomic mass is 10.3. The quantitative estimate of drug-likeness (QED) is 0.676.